The van der Waals surface area contributed by atoms with Crippen molar-refractivity contribution in [2.75, 3.05) is 39.9 Å². The summed E-state index contributed by atoms with van der Waals surface area (Å²) in [6.07, 6.45) is 2.32. The number of likely N-dealkylation sites (tertiary alicyclic amines) is 2. The first kappa shape index (κ1) is 20.5. The number of methoxy groups -OCH3 is 1. The lowest BCUT2D eigenvalue weighted by Gasteiger charge is -2.46. The molecule has 3 saturated heterocycles. The number of nitrogens with zero attached hydrogens (tertiary/aromatic N) is 4. The van der Waals surface area contributed by atoms with Gasteiger partial charge in [-0.1, -0.05) is 12.1 Å². The molecule has 0 aliphatic carbocycles. The minimum Gasteiger partial charge on any atom is -0.481 e. The normalized spacial score (nSPS) is 23.1. The number of fused-ring (bicyclic) bond motifs is 1. The van der Waals surface area contributed by atoms with Gasteiger partial charge in [0.2, 0.25) is 11.8 Å². The summed E-state index contributed by atoms with van der Waals surface area (Å²) in [6, 6.07) is 9.53. The number of hydrogen-bond donors (Lipinski definition) is 1. The molecule has 0 bridgehead atoms. The largest absolute Gasteiger partial charge is 0.481 e. The molecule has 2 atom stereocenters. The first-order valence-electron chi connectivity index (χ1n) is 10.7. The summed E-state index contributed by atoms with van der Waals surface area (Å²) in [5.74, 6) is 1.24. The predicted molar refractivity (Wildman–Crippen MR) is 113 cm³/mol. The third kappa shape index (κ3) is 4.18. The molecule has 5 rings (SSSR count). The molecule has 1 aromatic heterocycles. The van der Waals surface area contributed by atoms with Gasteiger partial charge in [0.15, 0.2) is 0 Å². The average Bonchev–Trinajstić information content (AvgIpc) is 2.78. The van der Waals surface area contributed by atoms with Crippen molar-refractivity contribution >= 4 is 11.9 Å². The van der Waals surface area contributed by atoms with Gasteiger partial charge in [-0.05, 0) is 24.1 Å². The number of piperidine rings is 1. The Kier molecular flexibility index (Phi) is 5.52. The van der Waals surface area contributed by atoms with E-state index in [2.05, 4.69) is 15.3 Å². The molecule has 1 aromatic carbocycles. The Morgan fingerprint density at radius 3 is 2.75 bits per heavy atom. The molecule has 0 spiro atoms. The Morgan fingerprint density at radius 1 is 1.16 bits per heavy atom. The van der Waals surface area contributed by atoms with E-state index in [0.717, 1.165) is 12.0 Å². The van der Waals surface area contributed by atoms with E-state index in [1.165, 1.54) is 7.11 Å². The number of nitrogens with one attached hydrogen (secondary N) is 1. The van der Waals surface area contributed by atoms with Crippen molar-refractivity contribution in [3.05, 3.63) is 42.1 Å². The molecule has 0 saturated carbocycles. The van der Waals surface area contributed by atoms with Gasteiger partial charge >= 0.3 is 12.0 Å². The van der Waals surface area contributed by atoms with Crippen molar-refractivity contribution in [2.24, 2.45) is 0 Å². The van der Waals surface area contributed by atoms with Gasteiger partial charge in [0, 0.05) is 44.4 Å². The zero-order valence-corrected chi connectivity index (χ0v) is 17.8. The van der Waals surface area contributed by atoms with Crippen molar-refractivity contribution in [3.8, 4) is 17.6 Å². The van der Waals surface area contributed by atoms with Crippen molar-refractivity contribution in [1.29, 1.82) is 0 Å². The molecule has 2 aromatic rings. The lowest BCUT2D eigenvalue weighted by atomic mass is 9.91. The smallest absolute Gasteiger partial charge is 0.325 e. The average molecular weight is 439 g/mol. The number of urea groups is 1. The number of amides is 3. The SMILES string of the molecule is COc1ccnc(Oc2ccc(C3CN(C(=O)N4CC[C@@H]5OCC(=O)N[C@@H]5C4)C3)cc2)n1. The highest BCUT2D eigenvalue weighted by atomic mass is 16.5. The molecule has 10 nitrogen and oxygen atoms in total. The predicted octanol–water partition coefficient (Wildman–Crippen LogP) is 1.39. The van der Waals surface area contributed by atoms with Crippen LogP contribution in [-0.4, -0.2) is 83.7 Å². The molecule has 3 fully saturated rings. The molecule has 168 valence electrons. The monoisotopic (exact) mass is 439 g/mol. The van der Waals surface area contributed by atoms with Crippen molar-refractivity contribution in [3.63, 3.8) is 0 Å². The maximum atomic E-state index is 12.9. The first-order chi connectivity index (χ1) is 15.6. The van der Waals surface area contributed by atoms with Gasteiger partial charge in [-0.3, -0.25) is 4.79 Å². The van der Waals surface area contributed by atoms with Crippen LogP contribution in [-0.2, 0) is 9.53 Å². The number of ether oxygens (including phenoxy) is 3. The summed E-state index contributed by atoms with van der Waals surface area (Å²) in [6.45, 7) is 2.60. The van der Waals surface area contributed by atoms with Crippen LogP contribution in [0.25, 0.3) is 0 Å². The van der Waals surface area contributed by atoms with E-state index in [1.807, 2.05) is 34.1 Å². The van der Waals surface area contributed by atoms with E-state index >= 15 is 0 Å². The molecule has 3 amide bonds. The summed E-state index contributed by atoms with van der Waals surface area (Å²) in [5.41, 5.74) is 1.15. The fourth-order valence-electron chi connectivity index (χ4n) is 4.32. The Morgan fingerprint density at radius 2 is 1.97 bits per heavy atom. The van der Waals surface area contributed by atoms with Crippen LogP contribution in [0.5, 0.6) is 17.6 Å². The van der Waals surface area contributed by atoms with Crippen molar-refractivity contribution in [2.45, 2.75) is 24.5 Å². The van der Waals surface area contributed by atoms with E-state index in [4.69, 9.17) is 14.2 Å². The topological polar surface area (TPSA) is 106 Å². The maximum absolute atomic E-state index is 12.9. The number of rotatable bonds is 4. The van der Waals surface area contributed by atoms with Gasteiger partial charge in [-0.25, -0.2) is 9.78 Å². The lowest BCUT2D eigenvalue weighted by molar-refractivity contribution is -0.139. The summed E-state index contributed by atoms with van der Waals surface area (Å²) < 4.78 is 16.3. The van der Waals surface area contributed by atoms with E-state index in [-0.39, 0.29) is 42.6 Å². The van der Waals surface area contributed by atoms with Crippen LogP contribution in [0.1, 0.15) is 17.9 Å². The molecule has 0 unspecified atom stereocenters. The Hall–Kier alpha value is -3.40. The standard InChI is InChI=1S/C22H25N5O5/c1-30-20-6-8-23-21(25-20)32-16-4-2-14(3-5-16)15-10-27(11-15)22(29)26-9-7-18-17(12-26)24-19(28)13-31-18/h2-6,8,15,17-18H,7,9-13H2,1H3,(H,24,28)/t17-,18+/m1/s1. The van der Waals surface area contributed by atoms with E-state index in [9.17, 15) is 9.59 Å². The van der Waals surface area contributed by atoms with Crippen molar-refractivity contribution in [1.82, 2.24) is 25.1 Å². The van der Waals surface area contributed by atoms with Gasteiger partial charge in [0.1, 0.15) is 12.4 Å². The van der Waals surface area contributed by atoms with Crippen LogP contribution in [0.15, 0.2) is 36.5 Å². The van der Waals surface area contributed by atoms with Crippen LogP contribution < -0.4 is 14.8 Å². The van der Waals surface area contributed by atoms with Gasteiger partial charge in [-0.15, -0.1) is 0 Å². The van der Waals surface area contributed by atoms with Gasteiger partial charge in [0.05, 0.1) is 19.3 Å². The minimum absolute atomic E-state index is 0.00370. The molecular weight excluding hydrogens is 414 g/mol. The number of benzene rings is 1. The van der Waals surface area contributed by atoms with E-state index < -0.39 is 0 Å². The van der Waals surface area contributed by atoms with E-state index in [1.54, 1.807) is 12.3 Å². The van der Waals surface area contributed by atoms with Crippen LogP contribution in [0.4, 0.5) is 4.79 Å². The second kappa shape index (κ2) is 8.62. The maximum Gasteiger partial charge on any atom is 0.325 e. The molecule has 1 N–H and O–H groups in total. The van der Waals surface area contributed by atoms with Gasteiger partial charge in [-0.2, -0.15) is 4.98 Å². The van der Waals surface area contributed by atoms with Crippen LogP contribution in [0.3, 0.4) is 0 Å². The zero-order chi connectivity index (χ0) is 22.1. The number of hydrogen-bond acceptors (Lipinski definition) is 7. The number of aromatic nitrogens is 2. The Bertz CT molecular complexity index is 994. The number of carbonyl (C=O) groups excluding carboxylic acids is 2. The van der Waals surface area contributed by atoms with Crippen LogP contribution in [0.2, 0.25) is 0 Å². The summed E-state index contributed by atoms with van der Waals surface area (Å²) in [7, 11) is 1.54. The van der Waals surface area contributed by atoms with Crippen LogP contribution >= 0.6 is 0 Å². The Balaban J connectivity index is 1.13. The molecule has 3 aliphatic heterocycles. The van der Waals surface area contributed by atoms with Gasteiger partial charge in [0.25, 0.3) is 0 Å². The summed E-state index contributed by atoms with van der Waals surface area (Å²) in [5, 5.41) is 2.94. The minimum atomic E-state index is -0.118. The summed E-state index contributed by atoms with van der Waals surface area (Å²) in [4.78, 5) is 36.3. The van der Waals surface area contributed by atoms with Crippen molar-refractivity contribution < 1.29 is 23.8 Å². The van der Waals surface area contributed by atoms with Gasteiger partial charge < -0.3 is 29.3 Å². The zero-order valence-electron chi connectivity index (χ0n) is 17.8. The highest BCUT2D eigenvalue weighted by Crippen LogP contribution is 2.31. The molecule has 3 aliphatic rings. The lowest BCUT2D eigenvalue weighted by Crippen LogP contribution is -2.63. The quantitative estimate of drug-likeness (QED) is 0.767. The third-order valence-electron chi connectivity index (χ3n) is 6.12. The third-order valence-corrected chi connectivity index (χ3v) is 6.12. The number of carbonyl (C=O) groups is 2. The molecule has 0 radical (unpaired) electrons. The molecular formula is C22H25N5O5. The fourth-order valence-corrected chi connectivity index (χ4v) is 4.32. The van der Waals surface area contributed by atoms with Crippen LogP contribution in [0, 0.1) is 0 Å². The van der Waals surface area contributed by atoms with E-state index in [0.29, 0.717) is 37.8 Å². The fraction of sp³-hybridized carbons (Fsp3) is 0.455. The molecule has 4 heterocycles. The summed E-state index contributed by atoms with van der Waals surface area (Å²) >= 11 is 0. The second-order valence-corrected chi connectivity index (χ2v) is 8.20. The Labute approximate surface area is 185 Å². The highest BCUT2D eigenvalue weighted by molar-refractivity contribution is 5.79. The molecule has 10 heteroatoms. The second-order valence-electron chi connectivity index (χ2n) is 8.20. The first-order valence-corrected chi connectivity index (χ1v) is 10.7. The highest BCUT2D eigenvalue weighted by Gasteiger charge is 2.40. The number of morpholine rings is 1. The molecule has 32 heavy (non-hydrogen) atoms.